The Bertz CT molecular complexity index is 729. The van der Waals surface area contributed by atoms with E-state index in [1.807, 2.05) is 18.4 Å². The van der Waals surface area contributed by atoms with Gasteiger partial charge in [0.25, 0.3) is 5.91 Å². The molecule has 0 aliphatic carbocycles. The minimum absolute atomic E-state index is 0.105. The van der Waals surface area contributed by atoms with Crippen LogP contribution in [0, 0.1) is 6.92 Å². The van der Waals surface area contributed by atoms with Gasteiger partial charge in [0.05, 0.1) is 4.88 Å². The number of benzene rings is 1. The van der Waals surface area contributed by atoms with Gasteiger partial charge in [0.1, 0.15) is 11.8 Å². The summed E-state index contributed by atoms with van der Waals surface area (Å²) in [6, 6.07) is 8.16. The number of rotatable bonds is 3. The second kappa shape index (κ2) is 6.72. The van der Waals surface area contributed by atoms with Crippen molar-refractivity contribution >= 4 is 34.8 Å². The molecule has 0 spiro atoms. The number of amides is 1. The lowest BCUT2D eigenvalue weighted by molar-refractivity contribution is -0.138. The van der Waals surface area contributed by atoms with Crippen LogP contribution in [-0.4, -0.2) is 29.4 Å². The predicted octanol–water partition coefficient (Wildman–Crippen LogP) is 3.92. The van der Waals surface area contributed by atoms with Crippen LogP contribution in [0.1, 0.15) is 28.1 Å². The van der Waals surface area contributed by atoms with Crippen molar-refractivity contribution < 1.29 is 14.3 Å². The first-order valence-corrected chi connectivity index (χ1v) is 8.64. The summed E-state index contributed by atoms with van der Waals surface area (Å²) < 4.78 is 5.44. The number of hydrogen-bond acceptors (Lipinski definition) is 4. The molecule has 2 heterocycles. The number of nitrogens with zero attached hydrogens (tertiary/aromatic N) is 1. The number of likely N-dealkylation sites (tertiary alicyclic amines) is 1. The van der Waals surface area contributed by atoms with Crippen molar-refractivity contribution in [1.82, 2.24) is 4.90 Å². The highest BCUT2D eigenvalue weighted by molar-refractivity contribution is 7.12. The summed E-state index contributed by atoms with van der Waals surface area (Å²) >= 11 is 7.36. The maximum atomic E-state index is 12.5. The van der Waals surface area contributed by atoms with Gasteiger partial charge in [-0.15, -0.1) is 11.3 Å². The van der Waals surface area contributed by atoms with E-state index in [-0.39, 0.29) is 5.91 Å². The second-order valence-corrected chi connectivity index (χ2v) is 6.82. The molecule has 4 nitrogen and oxygen atoms in total. The molecule has 1 atom stereocenters. The smallest absolute Gasteiger partial charge is 0.334 e. The highest BCUT2D eigenvalue weighted by atomic mass is 35.5. The predicted molar refractivity (Wildman–Crippen MR) is 90.2 cm³/mol. The molecule has 0 bridgehead atoms. The van der Waals surface area contributed by atoms with E-state index < -0.39 is 12.0 Å². The summed E-state index contributed by atoms with van der Waals surface area (Å²) in [6.45, 7) is 2.43. The lowest BCUT2D eigenvalue weighted by Crippen LogP contribution is -2.42. The fourth-order valence-corrected chi connectivity index (χ4v) is 3.46. The van der Waals surface area contributed by atoms with Gasteiger partial charge in [0.15, 0.2) is 0 Å². The minimum Gasteiger partial charge on any atom is -0.425 e. The van der Waals surface area contributed by atoms with Crippen LogP contribution in [0.25, 0.3) is 0 Å². The molecule has 1 aromatic carbocycles. The third-order valence-electron chi connectivity index (χ3n) is 3.87. The molecule has 1 fully saturated rings. The van der Waals surface area contributed by atoms with E-state index in [2.05, 4.69) is 0 Å². The molecule has 1 amide bonds. The molecule has 0 N–H and O–H groups in total. The Kier molecular flexibility index (Phi) is 4.68. The lowest BCUT2D eigenvalue weighted by Gasteiger charge is -2.22. The second-order valence-electron chi connectivity index (χ2n) is 5.47. The fraction of sp³-hybridized carbons (Fsp3) is 0.294. The highest BCUT2D eigenvalue weighted by Crippen LogP contribution is 2.25. The van der Waals surface area contributed by atoms with Crippen LogP contribution in [0.3, 0.4) is 0 Å². The summed E-state index contributed by atoms with van der Waals surface area (Å²) in [4.78, 5) is 27.2. The zero-order chi connectivity index (χ0) is 16.4. The number of carbonyl (C=O) groups excluding carboxylic acids is 2. The number of aryl methyl sites for hydroxylation is 1. The summed E-state index contributed by atoms with van der Waals surface area (Å²) in [5.41, 5.74) is 0.843. The number of halogens is 1. The Morgan fingerprint density at radius 1 is 1.35 bits per heavy atom. The van der Waals surface area contributed by atoms with Crippen molar-refractivity contribution in [3.8, 4) is 5.75 Å². The van der Waals surface area contributed by atoms with Gasteiger partial charge < -0.3 is 9.64 Å². The van der Waals surface area contributed by atoms with Crippen LogP contribution in [0.15, 0.2) is 35.7 Å². The quantitative estimate of drug-likeness (QED) is 0.623. The van der Waals surface area contributed by atoms with Gasteiger partial charge in [0.2, 0.25) is 0 Å². The molecule has 2 aromatic rings. The Morgan fingerprint density at radius 3 is 2.87 bits per heavy atom. The summed E-state index contributed by atoms with van der Waals surface area (Å²) in [5, 5.41) is 2.48. The van der Waals surface area contributed by atoms with Gasteiger partial charge >= 0.3 is 5.97 Å². The standard InChI is InChI=1S/C17H16ClNO3S/c1-11-10-12(6-7-13(11)18)22-17(21)14-4-2-8-19(14)16(20)15-5-3-9-23-15/h3,5-7,9-10,14H,2,4,8H2,1H3. The third kappa shape index (κ3) is 3.41. The van der Waals surface area contributed by atoms with E-state index in [4.69, 9.17) is 16.3 Å². The number of carbonyl (C=O) groups is 2. The van der Waals surface area contributed by atoms with Crippen LogP contribution in [0.2, 0.25) is 5.02 Å². The van der Waals surface area contributed by atoms with Gasteiger partial charge in [0, 0.05) is 11.6 Å². The Labute approximate surface area is 143 Å². The maximum Gasteiger partial charge on any atom is 0.334 e. The van der Waals surface area contributed by atoms with Gasteiger partial charge in [-0.2, -0.15) is 0 Å². The van der Waals surface area contributed by atoms with Crippen LogP contribution in [0.4, 0.5) is 0 Å². The molecule has 1 aromatic heterocycles. The molecule has 1 unspecified atom stereocenters. The Hall–Kier alpha value is -1.85. The summed E-state index contributed by atoms with van der Waals surface area (Å²) in [7, 11) is 0. The van der Waals surface area contributed by atoms with E-state index in [1.165, 1.54) is 11.3 Å². The van der Waals surface area contributed by atoms with E-state index in [1.54, 1.807) is 29.2 Å². The Morgan fingerprint density at radius 2 is 2.17 bits per heavy atom. The average molecular weight is 350 g/mol. The minimum atomic E-state index is -0.527. The van der Waals surface area contributed by atoms with Gasteiger partial charge in [-0.1, -0.05) is 17.7 Å². The molecule has 1 saturated heterocycles. The number of ether oxygens (including phenoxy) is 1. The first kappa shape index (κ1) is 16.0. The molecule has 120 valence electrons. The lowest BCUT2D eigenvalue weighted by atomic mass is 10.2. The molecule has 23 heavy (non-hydrogen) atoms. The van der Waals surface area contributed by atoms with Gasteiger partial charge in [-0.25, -0.2) is 4.79 Å². The zero-order valence-electron chi connectivity index (χ0n) is 12.6. The van der Waals surface area contributed by atoms with Crippen LogP contribution in [-0.2, 0) is 4.79 Å². The molecule has 0 radical (unpaired) electrons. The van der Waals surface area contributed by atoms with E-state index in [9.17, 15) is 9.59 Å². The highest BCUT2D eigenvalue weighted by Gasteiger charge is 2.36. The largest absolute Gasteiger partial charge is 0.425 e. The summed E-state index contributed by atoms with van der Waals surface area (Å²) in [5.74, 6) is -0.0480. The van der Waals surface area contributed by atoms with Crippen molar-refractivity contribution in [1.29, 1.82) is 0 Å². The van der Waals surface area contributed by atoms with Crippen molar-refractivity contribution in [3.05, 3.63) is 51.2 Å². The number of thiophene rings is 1. The summed E-state index contributed by atoms with van der Waals surface area (Å²) in [6.07, 6.45) is 1.43. The van der Waals surface area contributed by atoms with E-state index in [0.717, 1.165) is 12.0 Å². The SMILES string of the molecule is Cc1cc(OC(=O)C2CCCN2C(=O)c2cccs2)ccc1Cl. The molecule has 1 aliphatic rings. The van der Waals surface area contributed by atoms with Crippen LogP contribution >= 0.6 is 22.9 Å². The zero-order valence-corrected chi connectivity index (χ0v) is 14.2. The normalized spacial score (nSPS) is 17.3. The monoisotopic (exact) mass is 349 g/mol. The first-order valence-electron chi connectivity index (χ1n) is 7.38. The molecule has 0 saturated carbocycles. The van der Waals surface area contributed by atoms with Crippen molar-refractivity contribution in [2.45, 2.75) is 25.8 Å². The number of esters is 1. The number of hydrogen-bond donors (Lipinski definition) is 0. The van der Waals surface area contributed by atoms with Crippen LogP contribution < -0.4 is 4.74 Å². The van der Waals surface area contributed by atoms with Crippen molar-refractivity contribution in [2.75, 3.05) is 6.54 Å². The third-order valence-corrected chi connectivity index (χ3v) is 5.15. The van der Waals surface area contributed by atoms with Crippen molar-refractivity contribution in [3.63, 3.8) is 0 Å². The molecule has 1 aliphatic heterocycles. The van der Waals surface area contributed by atoms with E-state index >= 15 is 0 Å². The molecule has 6 heteroatoms. The maximum absolute atomic E-state index is 12.5. The van der Waals surface area contributed by atoms with Gasteiger partial charge in [-0.3, -0.25) is 4.79 Å². The van der Waals surface area contributed by atoms with Crippen molar-refractivity contribution in [2.24, 2.45) is 0 Å². The van der Waals surface area contributed by atoms with E-state index in [0.29, 0.717) is 28.6 Å². The van der Waals surface area contributed by atoms with Gasteiger partial charge in [-0.05, 0) is 55.0 Å². The topological polar surface area (TPSA) is 46.6 Å². The average Bonchev–Trinajstić information content (AvgIpc) is 3.21. The first-order chi connectivity index (χ1) is 11.1. The molecule has 3 rings (SSSR count). The Balaban J connectivity index is 1.73. The molecular weight excluding hydrogens is 334 g/mol. The molecular formula is C17H16ClNO3S. The fourth-order valence-electron chi connectivity index (χ4n) is 2.66. The van der Waals surface area contributed by atoms with Crippen LogP contribution in [0.5, 0.6) is 5.75 Å².